The first kappa shape index (κ1) is 18.6. The molecular formula is C21H18Cl2FNO. The van der Waals surface area contributed by atoms with E-state index in [9.17, 15) is 4.39 Å². The monoisotopic (exact) mass is 389 g/mol. The lowest BCUT2D eigenvalue weighted by Gasteiger charge is -2.15. The van der Waals surface area contributed by atoms with E-state index in [2.05, 4.69) is 5.32 Å². The standard InChI is InChI=1S/C21H18Cl2FNO/c1-14-6-7-18(23)11-20(14)25-12-16-10-17(22)8-9-21(16)26-13-15-4-2-3-5-19(15)24/h2-11,25H,12-13H2,1H3. The van der Waals surface area contributed by atoms with Crippen molar-refractivity contribution in [1.82, 2.24) is 0 Å². The number of halogens is 3. The molecule has 5 heteroatoms. The first-order valence-corrected chi connectivity index (χ1v) is 8.93. The molecule has 0 aromatic heterocycles. The van der Waals surface area contributed by atoms with Crippen LogP contribution >= 0.6 is 23.2 Å². The first-order chi connectivity index (χ1) is 12.5. The van der Waals surface area contributed by atoms with Crippen LogP contribution in [-0.4, -0.2) is 0 Å². The summed E-state index contributed by atoms with van der Waals surface area (Å²) in [7, 11) is 0. The summed E-state index contributed by atoms with van der Waals surface area (Å²) in [4.78, 5) is 0. The van der Waals surface area contributed by atoms with Crippen molar-refractivity contribution in [2.45, 2.75) is 20.1 Å². The van der Waals surface area contributed by atoms with Crippen LogP contribution in [0.3, 0.4) is 0 Å². The van der Waals surface area contributed by atoms with Crippen molar-refractivity contribution in [3.05, 3.63) is 93.2 Å². The molecule has 0 heterocycles. The molecule has 0 saturated carbocycles. The van der Waals surface area contributed by atoms with Gasteiger partial charge in [0.05, 0.1) is 0 Å². The van der Waals surface area contributed by atoms with Gasteiger partial charge in [-0.15, -0.1) is 0 Å². The largest absolute Gasteiger partial charge is 0.488 e. The van der Waals surface area contributed by atoms with Crippen molar-refractivity contribution >= 4 is 28.9 Å². The third-order valence-electron chi connectivity index (χ3n) is 4.03. The van der Waals surface area contributed by atoms with Gasteiger partial charge in [-0.2, -0.15) is 0 Å². The number of rotatable bonds is 6. The smallest absolute Gasteiger partial charge is 0.129 e. The Kier molecular flexibility index (Phi) is 6.02. The van der Waals surface area contributed by atoms with E-state index in [1.165, 1.54) is 6.07 Å². The van der Waals surface area contributed by atoms with Crippen LogP contribution in [0.15, 0.2) is 60.7 Å². The summed E-state index contributed by atoms with van der Waals surface area (Å²) < 4.78 is 19.6. The lowest BCUT2D eigenvalue weighted by molar-refractivity contribution is 0.297. The van der Waals surface area contributed by atoms with E-state index in [1.54, 1.807) is 30.3 Å². The topological polar surface area (TPSA) is 21.3 Å². The summed E-state index contributed by atoms with van der Waals surface area (Å²) in [5, 5.41) is 4.63. The van der Waals surface area contributed by atoms with Crippen molar-refractivity contribution in [3.63, 3.8) is 0 Å². The molecule has 0 radical (unpaired) electrons. The number of anilines is 1. The Morgan fingerprint density at radius 2 is 1.65 bits per heavy atom. The van der Waals surface area contributed by atoms with Crippen molar-refractivity contribution < 1.29 is 9.13 Å². The van der Waals surface area contributed by atoms with Gasteiger partial charge in [-0.3, -0.25) is 0 Å². The molecule has 0 atom stereocenters. The molecule has 3 rings (SSSR count). The fourth-order valence-corrected chi connectivity index (χ4v) is 2.94. The maximum atomic E-state index is 13.8. The van der Waals surface area contributed by atoms with Gasteiger partial charge in [0.25, 0.3) is 0 Å². The molecule has 26 heavy (non-hydrogen) atoms. The van der Waals surface area contributed by atoms with Crippen molar-refractivity contribution in [2.24, 2.45) is 0 Å². The summed E-state index contributed by atoms with van der Waals surface area (Å²) in [5.41, 5.74) is 3.42. The van der Waals surface area contributed by atoms with E-state index >= 15 is 0 Å². The van der Waals surface area contributed by atoms with Gasteiger partial charge in [0.15, 0.2) is 0 Å². The average Bonchev–Trinajstić information content (AvgIpc) is 2.63. The molecule has 0 saturated heterocycles. The van der Waals surface area contributed by atoms with Crippen LogP contribution in [-0.2, 0) is 13.2 Å². The van der Waals surface area contributed by atoms with E-state index in [0.717, 1.165) is 16.8 Å². The van der Waals surface area contributed by atoms with Gasteiger partial charge in [0.2, 0.25) is 0 Å². The Hall–Kier alpha value is -2.23. The fourth-order valence-electron chi connectivity index (χ4n) is 2.57. The van der Waals surface area contributed by atoms with Crippen LogP contribution in [0.4, 0.5) is 10.1 Å². The average molecular weight is 390 g/mol. The van der Waals surface area contributed by atoms with Crippen molar-refractivity contribution in [3.8, 4) is 5.75 Å². The number of hydrogen-bond acceptors (Lipinski definition) is 2. The minimum absolute atomic E-state index is 0.150. The van der Waals surface area contributed by atoms with E-state index in [1.807, 2.05) is 31.2 Å². The second kappa shape index (κ2) is 8.43. The van der Waals surface area contributed by atoms with E-state index in [0.29, 0.717) is 27.9 Å². The molecule has 0 amide bonds. The summed E-state index contributed by atoms with van der Waals surface area (Å²) in [6.07, 6.45) is 0. The fraction of sp³-hybridized carbons (Fsp3) is 0.143. The second-order valence-corrected chi connectivity index (χ2v) is 6.82. The third-order valence-corrected chi connectivity index (χ3v) is 4.50. The molecule has 1 N–H and O–H groups in total. The van der Waals surface area contributed by atoms with Crippen LogP contribution in [0.5, 0.6) is 5.75 Å². The Morgan fingerprint density at radius 1 is 0.923 bits per heavy atom. The zero-order chi connectivity index (χ0) is 18.5. The maximum absolute atomic E-state index is 13.8. The summed E-state index contributed by atoms with van der Waals surface area (Å²) in [6, 6.07) is 17.6. The van der Waals surface area contributed by atoms with Crippen LogP contribution in [0.1, 0.15) is 16.7 Å². The van der Waals surface area contributed by atoms with Crippen molar-refractivity contribution in [2.75, 3.05) is 5.32 Å². The number of benzene rings is 3. The quantitative estimate of drug-likeness (QED) is 0.510. The molecule has 3 aromatic carbocycles. The lowest BCUT2D eigenvalue weighted by Crippen LogP contribution is -2.05. The van der Waals surface area contributed by atoms with Gasteiger partial charge in [-0.05, 0) is 48.9 Å². The molecule has 0 fully saturated rings. The van der Waals surface area contributed by atoms with Gasteiger partial charge in [-0.1, -0.05) is 47.5 Å². The number of ether oxygens (including phenoxy) is 1. The molecule has 0 aliphatic rings. The third kappa shape index (κ3) is 4.69. The molecule has 0 aliphatic carbocycles. The zero-order valence-corrected chi connectivity index (χ0v) is 15.7. The van der Waals surface area contributed by atoms with Gasteiger partial charge >= 0.3 is 0 Å². The van der Waals surface area contributed by atoms with Crippen LogP contribution in [0.2, 0.25) is 10.0 Å². The minimum Gasteiger partial charge on any atom is -0.488 e. The minimum atomic E-state index is -0.282. The lowest BCUT2D eigenvalue weighted by atomic mass is 10.1. The molecule has 0 aliphatic heterocycles. The molecular weight excluding hydrogens is 372 g/mol. The Labute approximate surface area is 162 Å². The molecule has 0 bridgehead atoms. The maximum Gasteiger partial charge on any atom is 0.129 e. The number of aryl methyl sites for hydroxylation is 1. The Morgan fingerprint density at radius 3 is 2.46 bits per heavy atom. The molecule has 3 aromatic rings. The second-order valence-electron chi connectivity index (χ2n) is 5.94. The highest BCUT2D eigenvalue weighted by Crippen LogP contribution is 2.27. The van der Waals surface area contributed by atoms with Gasteiger partial charge in [0, 0.05) is 33.4 Å². The van der Waals surface area contributed by atoms with Gasteiger partial charge in [0.1, 0.15) is 18.2 Å². The van der Waals surface area contributed by atoms with Crippen LogP contribution in [0.25, 0.3) is 0 Å². The molecule has 0 spiro atoms. The SMILES string of the molecule is Cc1ccc(Cl)cc1NCc1cc(Cl)ccc1OCc1ccccc1F. The molecule has 2 nitrogen and oxygen atoms in total. The van der Waals surface area contributed by atoms with Gasteiger partial charge < -0.3 is 10.1 Å². The molecule has 0 unspecified atom stereocenters. The predicted molar refractivity (Wildman–Crippen MR) is 106 cm³/mol. The first-order valence-electron chi connectivity index (χ1n) is 8.17. The Bertz CT molecular complexity index is 914. The highest BCUT2D eigenvalue weighted by atomic mass is 35.5. The zero-order valence-electron chi connectivity index (χ0n) is 14.2. The van der Waals surface area contributed by atoms with Crippen LogP contribution in [0, 0.1) is 12.7 Å². The summed E-state index contributed by atoms with van der Waals surface area (Å²) in [5.74, 6) is 0.375. The highest BCUT2D eigenvalue weighted by Gasteiger charge is 2.08. The summed E-state index contributed by atoms with van der Waals surface area (Å²) in [6.45, 7) is 2.66. The van der Waals surface area contributed by atoms with E-state index in [-0.39, 0.29) is 12.4 Å². The normalized spacial score (nSPS) is 10.6. The van der Waals surface area contributed by atoms with Crippen molar-refractivity contribution in [1.29, 1.82) is 0 Å². The number of nitrogens with one attached hydrogen (secondary N) is 1. The highest BCUT2D eigenvalue weighted by molar-refractivity contribution is 6.31. The molecule has 134 valence electrons. The summed E-state index contributed by atoms with van der Waals surface area (Å²) >= 11 is 12.2. The van der Waals surface area contributed by atoms with E-state index in [4.69, 9.17) is 27.9 Å². The van der Waals surface area contributed by atoms with Gasteiger partial charge in [-0.25, -0.2) is 4.39 Å². The number of hydrogen-bond donors (Lipinski definition) is 1. The predicted octanol–water partition coefficient (Wildman–Crippen LogP) is 6.63. The Balaban J connectivity index is 1.75. The van der Waals surface area contributed by atoms with Crippen LogP contribution < -0.4 is 10.1 Å². The van der Waals surface area contributed by atoms with E-state index < -0.39 is 0 Å².